The van der Waals surface area contributed by atoms with E-state index < -0.39 is 0 Å². The SMILES string of the molecule is COc1ccc(OC)c(C(=O)c2cccc(C)c2N)c1. The predicted octanol–water partition coefficient (Wildman–Crippen LogP) is 2.83. The highest BCUT2D eigenvalue weighted by Crippen LogP contribution is 2.28. The second-order valence-electron chi connectivity index (χ2n) is 4.43. The zero-order valence-corrected chi connectivity index (χ0v) is 11.8. The van der Waals surface area contributed by atoms with Gasteiger partial charge in [0, 0.05) is 11.3 Å². The topological polar surface area (TPSA) is 61.5 Å². The molecule has 0 aliphatic carbocycles. The van der Waals surface area contributed by atoms with Crippen LogP contribution in [0, 0.1) is 6.92 Å². The van der Waals surface area contributed by atoms with Crippen molar-refractivity contribution in [3.63, 3.8) is 0 Å². The van der Waals surface area contributed by atoms with Crippen LogP contribution in [0.2, 0.25) is 0 Å². The first kappa shape index (κ1) is 13.9. The van der Waals surface area contributed by atoms with Gasteiger partial charge in [0.2, 0.25) is 0 Å². The van der Waals surface area contributed by atoms with Crippen molar-refractivity contribution in [3.05, 3.63) is 53.1 Å². The first-order valence-electron chi connectivity index (χ1n) is 6.20. The summed E-state index contributed by atoms with van der Waals surface area (Å²) >= 11 is 0. The van der Waals surface area contributed by atoms with Gasteiger partial charge in [0.1, 0.15) is 11.5 Å². The van der Waals surface area contributed by atoms with Gasteiger partial charge in [-0.15, -0.1) is 0 Å². The van der Waals surface area contributed by atoms with Crippen molar-refractivity contribution >= 4 is 11.5 Å². The Morgan fingerprint density at radius 1 is 1.05 bits per heavy atom. The van der Waals surface area contributed by atoms with E-state index in [1.54, 1.807) is 31.4 Å². The quantitative estimate of drug-likeness (QED) is 0.686. The van der Waals surface area contributed by atoms with Crippen LogP contribution < -0.4 is 15.2 Å². The Balaban J connectivity index is 2.55. The Hall–Kier alpha value is -2.49. The van der Waals surface area contributed by atoms with E-state index in [9.17, 15) is 4.79 Å². The Morgan fingerprint density at radius 2 is 1.80 bits per heavy atom. The van der Waals surface area contributed by atoms with Gasteiger partial charge < -0.3 is 15.2 Å². The fraction of sp³-hybridized carbons (Fsp3) is 0.188. The molecular formula is C16H17NO3. The van der Waals surface area contributed by atoms with Crippen molar-refractivity contribution in [2.75, 3.05) is 20.0 Å². The summed E-state index contributed by atoms with van der Waals surface area (Å²) in [5.74, 6) is 0.916. The van der Waals surface area contributed by atoms with Crippen molar-refractivity contribution in [1.82, 2.24) is 0 Å². The Kier molecular flexibility index (Phi) is 3.94. The minimum absolute atomic E-state index is 0.179. The maximum Gasteiger partial charge on any atom is 0.198 e. The fourth-order valence-corrected chi connectivity index (χ4v) is 2.02. The number of carbonyl (C=O) groups excluding carboxylic acids is 1. The predicted molar refractivity (Wildman–Crippen MR) is 78.6 cm³/mol. The molecule has 0 spiro atoms. The average molecular weight is 271 g/mol. The number of ether oxygens (including phenoxy) is 2. The van der Waals surface area contributed by atoms with Gasteiger partial charge >= 0.3 is 0 Å². The van der Waals surface area contributed by atoms with E-state index in [0.717, 1.165) is 5.56 Å². The molecule has 4 nitrogen and oxygen atoms in total. The van der Waals surface area contributed by atoms with Gasteiger partial charge in [-0.3, -0.25) is 4.79 Å². The molecule has 0 heterocycles. The molecule has 0 atom stereocenters. The maximum absolute atomic E-state index is 12.7. The third-order valence-corrected chi connectivity index (χ3v) is 3.22. The maximum atomic E-state index is 12.7. The summed E-state index contributed by atoms with van der Waals surface area (Å²) in [6.45, 7) is 1.87. The lowest BCUT2D eigenvalue weighted by atomic mass is 9.98. The second kappa shape index (κ2) is 5.65. The first-order chi connectivity index (χ1) is 9.58. The minimum Gasteiger partial charge on any atom is -0.497 e. The molecule has 0 aliphatic rings. The van der Waals surface area contributed by atoms with Crippen LogP contribution in [-0.4, -0.2) is 20.0 Å². The van der Waals surface area contributed by atoms with Crippen LogP contribution in [0.5, 0.6) is 11.5 Å². The standard InChI is InChI=1S/C16H17NO3/c1-10-5-4-6-12(15(10)17)16(18)13-9-11(19-2)7-8-14(13)20-3/h4-9H,17H2,1-3H3. The summed E-state index contributed by atoms with van der Waals surface area (Å²) in [6.07, 6.45) is 0. The van der Waals surface area contributed by atoms with Gasteiger partial charge in [0.05, 0.1) is 19.8 Å². The molecule has 0 saturated carbocycles. The lowest BCUT2D eigenvalue weighted by Gasteiger charge is -2.12. The van der Waals surface area contributed by atoms with Crippen LogP contribution in [0.15, 0.2) is 36.4 Å². The zero-order valence-electron chi connectivity index (χ0n) is 11.8. The normalized spacial score (nSPS) is 10.2. The van der Waals surface area contributed by atoms with Gasteiger partial charge in [0.15, 0.2) is 5.78 Å². The summed E-state index contributed by atoms with van der Waals surface area (Å²) < 4.78 is 10.4. The van der Waals surface area contributed by atoms with Crippen molar-refractivity contribution in [3.8, 4) is 11.5 Å². The molecule has 2 rings (SSSR count). The molecule has 0 saturated heterocycles. The monoisotopic (exact) mass is 271 g/mol. The molecule has 0 radical (unpaired) electrons. The van der Waals surface area contributed by atoms with E-state index in [4.69, 9.17) is 15.2 Å². The Bertz CT molecular complexity index is 650. The minimum atomic E-state index is -0.179. The number of nitrogen functional groups attached to an aromatic ring is 1. The zero-order chi connectivity index (χ0) is 14.7. The van der Waals surface area contributed by atoms with Crippen LogP contribution in [0.3, 0.4) is 0 Å². The van der Waals surface area contributed by atoms with E-state index in [1.165, 1.54) is 7.11 Å². The lowest BCUT2D eigenvalue weighted by molar-refractivity contribution is 0.103. The van der Waals surface area contributed by atoms with E-state index in [1.807, 2.05) is 19.1 Å². The van der Waals surface area contributed by atoms with E-state index in [0.29, 0.717) is 28.3 Å². The third kappa shape index (κ3) is 2.45. The molecule has 0 bridgehead atoms. The number of anilines is 1. The summed E-state index contributed by atoms with van der Waals surface area (Å²) in [4.78, 5) is 12.7. The van der Waals surface area contributed by atoms with Gasteiger partial charge in [-0.1, -0.05) is 12.1 Å². The summed E-state index contributed by atoms with van der Waals surface area (Å²) in [5, 5.41) is 0. The number of hydrogen-bond donors (Lipinski definition) is 1. The fourth-order valence-electron chi connectivity index (χ4n) is 2.02. The van der Waals surface area contributed by atoms with Crippen molar-refractivity contribution in [2.45, 2.75) is 6.92 Å². The van der Waals surface area contributed by atoms with Gasteiger partial charge in [-0.25, -0.2) is 0 Å². The van der Waals surface area contributed by atoms with E-state index >= 15 is 0 Å². The van der Waals surface area contributed by atoms with Crippen molar-refractivity contribution in [1.29, 1.82) is 0 Å². The van der Waals surface area contributed by atoms with Gasteiger partial charge in [-0.2, -0.15) is 0 Å². The van der Waals surface area contributed by atoms with Crippen molar-refractivity contribution < 1.29 is 14.3 Å². The average Bonchev–Trinajstić information content (AvgIpc) is 2.48. The van der Waals surface area contributed by atoms with E-state index in [2.05, 4.69) is 0 Å². The van der Waals surface area contributed by atoms with Gasteiger partial charge in [0.25, 0.3) is 0 Å². The van der Waals surface area contributed by atoms with Gasteiger partial charge in [-0.05, 0) is 36.8 Å². The molecule has 2 aromatic rings. The molecule has 104 valence electrons. The molecular weight excluding hydrogens is 254 g/mol. The third-order valence-electron chi connectivity index (χ3n) is 3.22. The number of rotatable bonds is 4. The van der Waals surface area contributed by atoms with Crippen molar-refractivity contribution in [2.24, 2.45) is 0 Å². The number of benzene rings is 2. The number of para-hydroxylation sites is 1. The number of hydrogen-bond acceptors (Lipinski definition) is 4. The first-order valence-corrected chi connectivity index (χ1v) is 6.20. The van der Waals surface area contributed by atoms with E-state index in [-0.39, 0.29) is 5.78 Å². The van der Waals surface area contributed by atoms with Crippen LogP contribution in [0.1, 0.15) is 21.5 Å². The molecule has 0 amide bonds. The van der Waals surface area contributed by atoms with Crippen LogP contribution in [-0.2, 0) is 0 Å². The summed E-state index contributed by atoms with van der Waals surface area (Å²) in [7, 11) is 3.08. The van der Waals surface area contributed by atoms with Crippen LogP contribution >= 0.6 is 0 Å². The highest BCUT2D eigenvalue weighted by Gasteiger charge is 2.18. The molecule has 0 unspecified atom stereocenters. The summed E-state index contributed by atoms with van der Waals surface area (Å²) in [5.41, 5.74) is 8.25. The smallest absolute Gasteiger partial charge is 0.198 e. The molecule has 2 N–H and O–H groups in total. The Morgan fingerprint density at radius 3 is 2.45 bits per heavy atom. The van der Waals surface area contributed by atoms with Crippen LogP contribution in [0.25, 0.3) is 0 Å². The number of ketones is 1. The van der Waals surface area contributed by atoms with Crippen LogP contribution in [0.4, 0.5) is 5.69 Å². The molecule has 0 fully saturated rings. The second-order valence-corrected chi connectivity index (χ2v) is 4.43. The summed E-state index contributed by atoms with van der Waals surface area (Å²) in [6, 6.07) is 10.5. The molecule has 4 heteroatoms. The largest absolute Gasteiger partial charge is 0.497 e. The molecule has 2 aromatic carbocycles. The number of nitrogens with two attached hydrogens (primary N) is 1. The lowest BCUT2D eigenvalue weighted by Crippen LogP contribution is -2.08. The molecule has 0 aromatic heterocycles. The highest BCUT2D eigenvalue weighted by atomic mass is 16.5. The Labute approximate surface area is 118 Å². The molecule has 0 aliphatic heterocycles. The molecule has 20 heavy (non-hydrogen) atoms. The number of aryl methyl sites for hydroxylation is 1. The number of carbonyl (C=O) groups is 1. The highest BCUT2D eigenvalue weighted by molar-refractivity contribution is 6.14. The number of methoxy groups -OCH3 is 2.